The van der Waals surface area contributed by atoms with E-state index in [0.29, 0.717) is 17.1 Å². The van der Waals surface area contributed by atoms with Crippen LogP contribution in [0.2, 0.25) is 0 Å². The minimum atomic E-state index is -3.75. The first-order chi connectivity index (χ1) is 16.2. The lowest BCUT2D eigenvalue weighted by Crippen LogP contribution is -2.20. The van der Waals surface area contributed by atoms with E-state index in [0.717, 1.165) is 29.5 Å². The fourth-order valence-corrected chi connectivity index (χ4v) is 4.59. The lowest BCUT2D eigenvalue weighted by Gasteiger charge is -2.11. The lowest BCUT2D eigenvalue weighted by atomic mass is 9.98. The molecule has 0 atom stereocenters. The Kier molecular flexibility index (Phi) is 6.31. The van der Waals surface area contributed by atoms with Gasteiger partial charge in [-0.15, -0.1) is 0 Å². The molecule has 0 aromatic heterocycles. The largest absolute Gasteiger partial charge is 0.484 e. The van der Waals surface area contributed by atoms with Crippen molar-refractivity contribution >= 4 is 27.3 Å². The van der Waals surface area contributed by atoms with Crippen molar-refractivity contribution in [2.45, 2.75) is 37.0 Å². The molecule has 1 aliphatic carbocycles. The van der Waals surface area contributed by atoms with Crippen LogP contribution in [0.3, 0.4) is 0 Å². The van der Waals surface area contributed by atoms with E-state index in [1.165, 1.54) is 24.3 Å². The summed E-state index contributed by atoms with van der Waals surface area (Å²) in [4.78, 5) is 12.3. The van der Waals surface area contributed by atoms with E-state index in [1.54, 1.807) is 24.3 Å². The van der Waals surface area contributed by atoms with Gasteiger partial charge < -0.3 is 10.1 Å². The number of amides is 1. The molecule has 0 saturated heterocycles. The molecule has 8 heteroatoms. The van der Waals surface area contributed by atoms with E-state index >= 15 is 0 Å². The highest BCUT2D eigenvalue weighted by atomic mass is 32.2. The molecule has 3 aromatic rings. The van der Waals surface area contributed by atoms with E-state index in [9.17, 15) is 18.5 Å². The number of carbonyl (C=O) groups is 1. The highest BCUT2D eigenvalue weighted by Gasteiger charge is 2.44. The third-order valence-corrected chi connectivity index (χ3v) is 7.35. The van der Waals surface area contributed by atoms with Crippen LogP contribution in [-0.4, -0.2) is 20.9 Å². The summed E-state index contributed by atoms with van der Waals surface area (Å²) in [5, 5.41) is 12.0. The van der Waals surface area contributed by atoms with Crippen LogP contribution in [0.1, 0.15) is 29.5 Å². The highest BCUT2D eigenvalue weighted by Crippen LogP contribution is 2.47. The van der Waals surface area contributed by atoms with Gasteiger partial charge in [0.05, 0.1) is 16.4 Å². The van der Waals surface area contributed by atoms with Crippen molar-refractivity contribution in [2.24, 2.45) is 0 Å². The molecule has 3 aromatic carbocycles. The normalized spacial score (nSPS) is 14.0. The average molecular weight is 476 g/mol. The number of nitriles is 1. The highest BCUT2D eigenvalue weighted by molar-refractivity contribution is 7.92. The molecule has 7 nitrogen and oxygen atoms in total. The standard InChI is InChI=1S/C26H25N3O4S/c1-18-3-6-22(15-19(18)2)29-34(31,32)24-11-9-23(10-12-24)33-16-25(30)28-21-7-4-20(5-8-21)26(17-27)13-14-26/h3-12,15,29H,13-14,16H2,1-2H3,(H,28,30). The van der Waals surface area contributed by atoms with Gasteiger partial charge in [-0.3, -0.25) is 9.52 Å². The summed E-state index contributed by atoms with van der Waals surface area (Å²) in [5.41, 5.74) is 3.78. The van der Waals surface area contributed by atoms with Crippen LogP contribution in [-0.2, 0) is 20.2 Å². The van der Waals surface area contributed by atoms with E-state index in [2.05, 4.69) is 16.1 Å². The first-order valence-corrected chi connectivity index (χ1v) is 12.3. The van der Waals surface area contributed by atoms with Gasteiger partial charge in [0.1, 0.15) is 5.75 Å². The second-order valence-corrected chi connectivity index (χ2v) is 10.2. The van der Waals surface area contributed by atoms with Crippen molar-refractivity contribution in [1.82, 2.24) is 0 Å². The van der Waals surface area contributed by atoms with E-state index in [-0.39, 0.29) is 22.8 Å². The number of hydrogen-bond donors (Lipinski definition) is 2. The lowest BCUT2D eigenvalue weighted by molar-refractivity contribution is -0.118. The van der Waals surface area contributed by atoms with Crippen molar-refractivity contribution in [1.29, 1.82) is 5.26 Å². The second-order valence-electron chi connectivity index (χ2n) is 8.48. The van der Waals surface area contributed by atoms with Gasteiger partial charge in [-0.05, 0) is 91.9 Å². The zero-order valence-corrected chi connectivity index (χ0v) is 19.8. The van der Waals surface area contributed by atoms with E-state index in [1.807, 2.05) is 32.0 Å². The molecule has 1 fully saturated rings. The summed E-state index contributed by atoms with van der Waals surface area (Å²) in [5.74, 6) is 0.0302. The van der Waals surface area contributed by atoms with Crippen molar-refractivity contribution in [3.63, 3.8) is 0 Å². The number of benzene rings is 3. The fraction of sp³-hybridized carbons (Fsp3) is 0.231. The maximum atomic E-state index is 12.7. The summed E-state index contributed by atoms with van der Waals surface area (Å²) < 4.78 is 33.4. The van der Waals surface area contributed by atoms with Gasteiger partial charge in [0.15, 0.2) is 6.61 Å². The third kappa shape index (κ3) is 5.21. The minimum Gasteiger partial charge on any atom is -0.484 e. The molecule has 4 rings (SSSR count). The van der Waals surface area contributed by atoms with Crippen LogP contribution in [0, 0.1) is 25.2 Å². The van der Waals surface area contributed by atoms with Crippen LogP contribution >= 0.6 is 0 Å². The first-order valence-electron chi connectivity index (χ1n) is 10.9. The maximum absolute atomic E-state index is 12.7. The summed E-state index contributed by atoms with van der Waals surface area (Å²) in [6.07, 6.45) is 1.73. The van der Waals surface area contributed by atoms with Gasteiger partial charge in [0.25, 0.3) is 15.9 Å². The molecule has 0 bridgehead atoms. The summed E-state index contributed by atoms with van der Waals surface area (Å²) in [6.45, 7) is 3.65. The Morgan fingerprint density at radius 3 is 2.21 bits per heavy atom. The molecule has 0 unspecified atom stereocenters. The Balaban J connectivity index is 1.31. The number of sulfonamides is 1. The first kappa shape index (κ1) is 23.3. The third-order valence-electron chi connectivity index (χ3n) is 5.95. The molecular weight excluding hydrogens is 450 g/mol. The van der Waals surface area contributed by atoms with Crippen molar-refractivity contribution in [3.05, 3.63) is 83.4 Å². The topological polar surface area (TPSA) is 108 Å². The fourth-order valence-electron chi connectivity index (χ4n) is 3.54. The monoisotopic (exact) mass is 475 g/mol. The number of rotatable bonds is 8. The maximum Gasteiger partial charge on any atom is 0.262 e. The molecule has 0 spiro atoms. The van der Waals surface area contributed by atoms with Gasteiger partial charge in [0, 0.05) is 11.4 Å². The number of anilines is 2. The molecule has 1 saturated carbocycles. The zero-order chi connectivity index (χ0) is 24.3. The predicted octanol–water partition coefficient (Wildman–Crippen LogP) is 4.68. The molecule has 1 aliphatic rings. The van der Waals surface area contributed by atoms with Gasteiger partial charge in [0.2, 0.25) is 0 Å². The number of nitrogens with one attached hydrogen (secondary N) is 2. The predicted molar refractivity (Wildman–Crippen MR) is 130 cm³/mol. The zero-order valence-electron chi connectivity index (χ0n) is 19.0. The molecule has 1 amide bonds. The van der Waals surface area contributed by atoms with E-state index in [4.69, 9.17) is 4.74 Å². The average Bonchev–Trinajstić information content (AvgIpc) is 3.62. The summed E-state index contributed by atoms with van der Waals surface area (Å²) in [6, 6.07) is 20.8. The summed E-state index contributed by atoms with van der Waals surface area (Å²) in [7, 11) is -3.75. The molecule has 2 N–H and O–H groups in total. The molecule has 0 aliphatic heterocycles. The Morgan fingerprint density at radius 2 is 1.62 bits per heavy atom. The Morgan fingerprint density at radius 1 is 0.971 bits per heavy atom. The second kappa shape index (κ2) is 9.20. The number of nitrogens with zero attached hydrogens (tertiary/aromatic N) is 1. The van der Waals surface area contributed by atoms with Crippen molar-refractivity contribution < 1.29 is 17.9 Å². The van der Waals surface area contributed by atoms with Crippen molar-refractivity contribution in [3.8, 4) is 11.8 Å². The van der Waals surface area contributed by atoms with Gasteiger partial charge in [-0.1, -0.05) is 18.2 Å². The Bertz CT molecular complexity index is 1350. The SMILES string of the molecule is Cc1ccc(NS(=O)(=O)c2ccc(OCC(=O)Nc3ccc(C4(C#N)CC4)cc3)cc2)cc1C. The van der Waals surface area contributed by atoms with E-state index < -0.39 is 10.0 Å². The molecule has 34 heavy (non-hydrogen) atoms. The van der Waals surface area contributed by atoms with Gasteiger partial charge >= 0.3 is 0 Å². The molecule has 0 heterocycles. The van der Waals surface area contributed by atoms with Crippen LogP contribution in [0.5, 0.6) is 5.75 Å². The van der Waals surface area contributed by atoms with Gasteiger partial charge in [-0.2, -0.15) is 5.26 Å². The molecule has 0 radical (unpaired) electrons. The quantitative estimate of drug-likeness (QED) is 0.492. The smallest absolute Gasteiger partial charge is 0.262 e. The summed E-state index contributed by atoms with van der Waals surface area (Å²) >= 11 is 0. The van der Waals surface area contributed by atoms with Crippen molar-refractivity contribution in [2.75, 3.05) is 16.6 Å². The van der Waals surface area contributed by atoms with Gasteiger partial charge in [-0.25, -0.2) is 8.42 Å². The molecule has 174 valence electrons. The van der Waals surface area contributed by atoms with Crippen LogP contribution in [0.25, 0.3) is 0 Å². The number of ether oxygens (including phenoxy) is 1. The van der Waals surface area contributed by atoms with Crippen LogP contribution in [0.4, 0.5) is 11.4 Å². The molecular formula is C26H25N3O4S. The Hall–Kier alpha value is -3.83. The number of aryl methyl sites for hydroxylation is 2. The minimum absolute atomic E-state index is 0.0911. The number of carbonyl (C=O) groups excluding carboxylic acids is 1. The Labute approximate surface area is 199 Å². The number of hydrogen-bond acceptors (Lipinski definition) is 5. The van der Waals surface area contributed by atoms with Crippen LogP contribution in [0.15, 0.2) is 71.6 Å². The van der Waals surface area contributed by atoms with Crippen LogP contribution < -0.4 is 14.8 Å².